The molecule has 3 rings (SSSR count). The van der Waals surface area contributed by atoms with E-state index in [4.69, 9.17) is 9.47 Å². The average molecular weight is 339 g/mol. The van der Waals surface area contributed by atoms with Crippen LogP contribution in [0.5, 0.6) is 11.5 Å². The topological polar surface area (TPSA) is 47.6 Å². The number of hydrogen-bond acceptors (Lipinski definition) is 3. The third kappa shape index (κ3) is 3.78. The summed E-state index contributed by atoms with van der Waals surface area (Å²) < 4.78 is 11.1. The van der Waals surface area contributed by atoms with Gasteiger partial charge in [0.15, 0.2) is 0 Å². The van der Waals surface area contributed by atoms with Gasteiger partial charge in [0.1, 0.15) is 18.1 Å². The lowest BCUT2D eigenvalue weighted by Gasteiger charge is -2.25. The largest absolute Gasteiger partial charge is 0.495 e. The molecular formula is C21H25NO3. The van der Waals surface area contributed by atoms with E-state index in [0.29, 0.717) is 24.5 Å². The van der Waals surface area contributed by atoms with Gasteiger partial charge in [0.05, 0.1) is 18.7 Å². The van der Waals surface area contributed by atoms with Crippen LogP contribution in [0, 0.1) is 5.92 Å². The van der Waals surface area contributed by atoms with Gasteiger partial charge >= 0.3 is 0 Å². The lowest BCUT2D eigenvalue weighted by molar-refractivity contribution is -0.121. The van der Waals surface area contributed by atoms with Crippen LogP contribution in [0.25, 0.3) is 0 Å². The molecule has 1 aliphatic rings. The Bertz CT molecular complexity index is 777. The maximum atomic E-state index is 12.8. The summed E-state index contributed by atoms with van der Waals surface area (Å²) in [5.74, 6) is 1.29. The number of fused-ring (bicyclic) bond motifs is 1. The fourth-order valence-electron chi connectivity index (χ4n) is 3.00. The first-order valence-electron chi connectivity index (χ1n) is 8.58. The minimum Gasteiger partial charge on any atom is -0.495 e. The number of amides is 1. The van der Waals surface area contributed by atoms with Crippen LogP contribution < -0.4 is 14.8 Å². The molecule has 0 fully saturated rings. The zero-order chi connectivity index (χ0) is 18.0. The number of nitrogens with one attached hydrogen (secondary N) is 1. The number of para-hydroxylation sites is 1. The number of benzene rings is 2. The van der Waals surface area contributed by atoms with E-state index >= 15 is 0 Å². The average Bonchev–Trinajstić information content (AvgIpc) is 2.60. The summed E-state index contributed by atoms with van der Waals surface area (Å²) in [4.78, 5) is 12.8. The van der Waals surface area contributed by atoms with Crippen molar-refractivity contribution in [1.82, 2.24) is 0 Å². The molecule has 132 valence electrons. The van der Waals surface area contributed by atoms with Crippen LogP contribution in [-0.2, 0) is 16.6 Å². The highest BCUT2D eigenvalue weighted by atomic mass is 16.5. The first-order valence-corrected chi connectivity index (χ1v) is 8.58. The van der Waals surface area contributed by atoms with E-state index in [2.05, 4.69) is 26.1 Å². The molecule has 0 saturated carbocycles. The molecule has 1 N–H and O–H groups in total. The predicted octanol–water partition coefficient (Wildman–Crippen LogP) is 4.18. The van der Waals surface area contributed by atoms with Gasteiger partial charge in [-0.3, -0.25) is 4.79 Å². The molecule has 0 bridgehead atoms. The first kappa shape index (κ1) is 17.3. The van der Waals surface area contributed by atoms with Crippen LogP contribution in [0.2, 0.25) is 0 Å². The summed E-state index contributed by atoms with van der Waals surface area (Å²) in [5.41, 5.74) is 2.93. The van der Waals surface area contributed by atoms with Crippen molar-refractivity contribution < 1.29 is 14.3 Å². The van der Waals surface area contributed by atoms with Gasteiger partial charge in [-0.15, -0.1) is 0 Å². The second-order valence-corrected chi connectivity index (χ2v) is 7.47. The van der Waals surface area contributed by atoms with Crippen molar-refractivity contribution in [2.45, 2.75) is 32.6 Å². The Labute approximate surface area is 149 Å². The molecule has 1 heterocycles. The summed E-state index contributed by atoms with van der Waals surface area (Å²) in [6, 6.07) is 13.8. The molecule has 4 heteroatoms. The van der Waals surface area contributed by atoms with E-state index in [1.54, 1.807) is 7.11 Å². The van der Waals surface area contributed by atoms with E-state index in [-0.39, 0.29) is 17.2 Å². The molecule has 2 aromatic rings. The highest BCUT2D eigenvalue weighted by molar-refractivity contribution is 5.94. The Balaban J connectivity index is 1.79. The SMILES string of the molecule is COc1ccc(C(C)(C)C)cc1NC(=O)[C@H]1COc2ccccc2C1. The van der Waals surface area contributed by atoms with E-state index in [9.17, 15) is 4.79 Å². The Hall–Kier alpha value is -2.49. The minimum absolute atomic E-state index is 0.00135. The summed E-state index contributed by atoms with van der Waals surface area (Å²) in [6.07, 6.45) is 0.684. The van der Waals surface area contributed by atoms with Gasteiger partial charge in [0, 0.05) is 0 Å². The molecule has 1 atom stereocenters. The molecule has 0 saturated heterocycles. The molecule has 1 aliphatic heterocycles. The van der Waals surface area contributed by atoms with Gasteiger partial charge in [-0.2, -0.15) is 0 Å². The number of ether oxygens (including phenoxy) is 2. The van der Waals surface area contributed by atoms with E-state index < -0.39 is 0 Å². The number of rotatable bonds is 3. The summed E-state index contributed by atoms with van der Waals surface area (Å²) >= 11 is 0. The van der Waals surface area contributed by atoms with Crippen molar-refractivity contribution in [3.8, 4) is 11.5 Å². The summed E-state index contributed by atoms with van der Waals surface area (Å²) in [7, 11) is 1.61. The van der Waals surface area contributed by atoms with Gasteiger partial charge in [0.25, 0.3) is 0 Å². The molecule has 25 heavy (non-hydrogen) atoms. The van der Waals surface area contributed by atoms with Crippen LogP contribution in [0.3, 0.4) is 0 Å². The first-order chi connectivity index (χ1) is 11.9. The maximum absolute atomic E-state index is 12.8. The molecule has 1 amide bonds. The summed E-state index contributed by atoms with van der Waals surface area (Å²) in [6.45, 7) is 6.83. The number of carbonyl (C=O) groups is 1. The summed E-state index contributed by atoms with van der Waals surface area (Å²) in [5, 5.41) is 3.03. The minimum atomic E-state index is -0.210. The zero-order valence-corrected chi connectivity index (χ0v) is 15.3. The maximum Gasteiger partial charge on any atom is 0.231 e. The third-order valence-electron chi connectivity index (χ3n) is 4.57. The van der Waals surface area contributed by atoms with Crippen LogP contribution >= 0.6 is 0 Å². The second kappa shape index (κ2) is 6.79. The van der Waals surface area contributed by atoms with Crippen molar-refractivity contribution in [2.75, 3.05) is 19.0 Å². The quantitative estimate of drug-likeness (QED) is 0.912. The van der Waals surface area contributed by atoms with Gasteiger partial charge in [0.2, 0.25) is 5.91 Å². The van der Waals surface area contributed by atoms with Gasteiger partial charge < -0.3 is 14.8 Å². The normalized spacial score (nSPS) is 16.6. The highest BCUT2D eigenvalue weighted by Crippen LogP contribution is 2.33. The van der Waals surface area contributed by atoms with Crippen molar-refractivity contribution in [1.29, 1.82) is 0 Å². The highest BCUT2D eigenvalue weighted by Gasteiger charge is 2.27. The predicted molar refractivity (Wildman–Crippen MR) is 99.5 cm³/mol. The Morgan fingerprint density at radius 1 is 1.20 bits per heavy atom. The van der Waals surface area contributed by atoms with E-state index in [1.807, 2.05) is 42.5 Å². The Morgan fingerprint density at radius 2 is 1.96 bits per heavy atom. The Kier molecular flexibility index (Phi) is 4.71. The molecule has 0 radical (unpaired) electrons. The molecule has 0 unspecified atom stereocenters. The molecule has 0 aliphatic carbocycles. The van der Waals surface area contributed by atoms with E-state index in [1.165, 1.54) is 0 Å². The van der Waals surface area contributed by atoms with Crippen LogP contribution in [0.15, 0.2) is 42.5 Å². The molecular weight excluding hydrogens is 314 g/mol. The third-order valence-corrected chi connectivity index (χ3v) is 4.57. The lowest BCUT2D eigenvalue weighted by Crippen LogP contribution is -2.32. The van der Waals surface area contributed by atoms with Gasteiger partial charge in [-0.05, 0) is 41.2 Å². The molecule has 0 aromatic heterocycles. The fraction of sp³-hybridized carbons (Fsp3) is 0.381. The smallest absolute Gasteiger partial charge is 0.231 e. The van der Waals surface area contributed by atoms with Crippen molar-refractivity contribution in [3.63, 3.8) is 0 Å². The fourth-order valence-corrected chi connectivity index (χ4v) is 3.00. The number of methoxy groups -OCH3 is 1. The zero-order valence-electron chi connectivity index (χ0n) is 15.3. The molecule has 2 aromatic carbocycles. The number of anilines is 1. The van der Waals surface area contributed by atoms with Gasteiger partial charge in [-0.1, -0.05) is 45.0 Å². The Morgan fingerprint density at radius 3 is 2.68 bits per heavy atom. The molecule has 4 nitrogen and oxygen atoms in total. The number of carbonyl (C=O) groups excluding carboxylic acids is 1. The van der Waals surface area contributed by atoms with Crippen LogP contribution in [-0.4, -0.2) is 19.6 Å². The monoisotopic (exact) mass is 339 g/mol. The lowest BCUT2D eigenvalue weighted by atomic mass is 9.86. The molecule has 0 spiro atoms. The second-order valence-electron chi connectivity index (χ2n) is 7.47. The standard InChI is InChI=1S/C21H25NO3/c1-21(2,3)16-9-10-19(24-4)17(12-16)22-20(23)15-11-14-7-5-6-8-18(14)25-13-15/h5-10,12,15H,11,13H2,1-4H3,(H,22,23)/t15-/m1/s1. The van der Waals surface area contributed by atoms with Crippen molar-refractivity contribution >= 4 is 11.6 Å². The van der Waals surface area contributed by atoms with E-state index in [0.717, 1.165) is 16.9 Å². The van der Waals surface area contributed by atoms with Gasteiger partial charge in [-0.25, -0.2) is 0 Å². The van der Waals surface area contributed by atoms with Crippen molar-refractivity contribution in [2.24, 2.45) is 5.92 Å². The van der Waals surface area contributed by atoms with Crippen molar-refractivity contribution in [3.05, 3.63) is 53.6 Å². The van der Waals surface area contributed by atoms with Crippen LogP contribution in [0.1, 0.15) is 31.9 Å². The number of hydrogen-bond donors (Lipinski definition) is 1. The van der Waals surface area contributed by atoms with Crippen LogP contribution in [0.4, 0.5) is 5.69 Å².